The molecule has 0 aliphatic heterocycles. The van der Waals surface area contributed by atoms with E-state index in [4.69, 9.17) is 9.47 Å². The average molecular weight is 695 g/mol. The third kappa shape index (κ3) is 27.7. The van der Waals surface area contributed by atoms with E-state index in [1.165, 1.54) is 89.9 Å². The minimum absolute atomic E-state index is 0.0190. The minimum atomic E-state index is -0.118. The zero-order valence-corrected chi connectivity index (χ0v) is 33.5. The summed E-state index contributed by atoms with van der Waals surface area (Å²) in [6.07, 6.45) is 28.2. The molecule has 290 valence electrons. The smallest absolute Gasteiger partial charge is 0.308 e. The molecule has 7 nitrogen and oxygen atoms in total. The van der Waals surface area contributed by atoms with Gasteiger partial charge >= 0.3 is 11.9 Å². The highest BCUT2D eigenvalue weighted by Gasteiger charge is 2.23. The summed E-state index contributed by atoms with van der Waals surface area (Å²) < 4.78 is 11.7. The van der Waals surface area contributed by atoms with Gasteiger partial charge < -0.3 is 14.4 Å². The van der Waals surface area contributed by atoms with Gasteiger partial charge in [0.25, 0.3) is 0 Å². The molecule has 2 atom stereocenters. The van der Waals surface area contributed by atoms with Gasteiger partial charge in [-0.15, -0.1) is 0 Å². The lowest BCUT2D eigenvalue weighted by atomic mass is 9.94. The van der Waals surface area contributed by atoms with Gasteiger partial charge in [0.1, 0.15) is 13.2 Å². The number of ether oxygens (including phenoxy) is 2. The first-order valence-electron chi connectivity index (χ1n) is 21.1. The third-order valence-electron chi connectivity index (χ3n) is 9.87. The number of hydrogen-bond acceptors (Lipinski definition) is 6. The fraction of sp³-hybridized carbons (Fsp3) is 0.929. The summed E-state index contributed by atoms with van der Waals surface area (Å²) in [5.41, 5.74) is 0. The Kier molecular flexibility index (Phi) is 33.6. The Morgan fingerprint density at radius 3 is 1.12 bits per heavy atom. The maximum atomic E-state index is 13.4. The van der Waals surface area contributed by atoms with Gasteiger partial charge in [-0.1, -0.05) is 163 Å². The summed E-state index contributed by atoms with van der Waals surface area (Å²) in [6, 6.07) is 0. The lowest BCUT2D eigenvalue weighted by molar-refractivity contribution is -0.152. The second-order valence-electron chi connectivity index (χ2n) is 14.7. The summed E-state index contributed by atoms with van der Waals surface area (Å²) in [5.74, 6) is -0.385. The van der Waals surface area contributed by atoms with Gasteiger partial charge in [-0.25, -0.2) is 0 Å². The molecule has 0 saturated heterocycles. The van der Waals surface area contributed by atoms with E-state index in [0.29, 0.717) is 19.6 Å². The summed E-state index contributed by atoms with van der Waals surface area (Å²) >= 11 is 0. The second-order valence-corrected chi connectivity index (χ2v) is 14.7. The second kappa shape index (κ2) is 34.8. The molecule has 0 saturated carbocycles. The molecule has 0 heterocycles. The highest BCUT2D eigenvalue weighted by Crippen LogP contribution is 2.22. The van der Waals surface area contributed by atoms with Crippen molar-refractivity contribution in [3.8, 4) is 0 Å². The molecule has 0 aromatic heterocycles. The Morgan fingerprint density at radius 2 is 0.776 bits per heavy atom. The SMILES string of the molecule is CCCCCCCCC(CCCCCC)C(=O)OCCN(CCOC(=O)C(CCCCCC)CCCCCCCC)C(=O)CN(C)CCC. The Hall–Kier alpha value is -1.63. The fourth-order valence-electron chi connectivity index (χ4n) is 6.64. The van der Waals surface area contributed by atoms with Crippen molar-refractivity contribution in [2.45, 2.75) is 195 Å². The predicted molar refractivity (Wildman–Crippen MR) is 207 cm³/mol. The quantitative estimate of drug-likeness (QED) is 0.0480. The van der Waals surface area contributed by atoms with Crippen molar-refractivity contribution >= 4 is 17.8 Å². The molecule has 0 N–H and O–H groups in total. The summed E-state index contributed by atoms with van der Waals surface area (Å²) in [5, 5.41) is 0. The normalized spacial score (nSPS) is 12.6. The van der Waals surface area contributed by atoms with Crippen LogP contribution < -0.4 is 0 Å². The highest BCUT2D eigenvalue weighted by atomic mass is 16.5. The topological polar surface area (TPSA) is 76.1 Å². The van der Waals surface area contributed by atoms with Crippen molar-refractivity contribution in [3.63, 3.8) is 0 Å². The summed E-state index contributed by atoms with van der Waals surface area (Å²) in [7, 11) is 1.95. The number of carbonyl (C=O) groups is 3. The van der Waals surface area contributed by atoms with E-state index in [2.05, 4.69) is 34.6 Å². The van der Waals surface area contributed by atoms with Crippen molar-refractivity contribution in [1.29, 1.82) is 0 Å². The predicted octanol–water partition coefficient (Wildman–Crippen LogP) is 10.9. The minimum Gasteiger partial charge on any atom is -0.464 e. The largest absolute Gasteiger partial charge is 0.464 e. The highest BCUT2D eigenvalue weighted by molar-refractivity contribution is 5.78. The van der Waals surface area contributed by atoms with Crippen LogP contribution in [0.3, 0.4) is 0 Å². The number of rotatable bonds is 36. The Labute approximate surface area is 304 Å². The molecule has 0 aliphatic rings. The number of nitrogens with zero attached hydrogens (tertiary/aromatic N) is 2. The van der Waals surface area contributed by atoms with Crippen LogP contribution in [-0.2, 0) is 23.9 Å². The summed E-state index contributed by atoms with van der Waals surface area (Å²) in [6.45, 7) is 13.1. The van der Waals surface area contributed by atoms with Crippen LogP contribution in [0.5, 0.6) is 0 Å². The number of likely N-dealkylation sites (N-methyl/N-ethyl adjacent to an activating group) is 1. The van der Waals surface area contributed by atoms with E-state index in [9.17, 15) is 14.4 Å². The molecule has 7 heteroatoms. The molecule has 0 aliphatic carbocycles. The van der Waals surface area contributed by atoms with Crippen molar-refractivity contribution in [3.05, 3.63) is 0 Å². The van der Waals surface area contributed by atoms with Crippen LogP contribution in [0.1, 0.15) is 195 Å². The third-order valence-corrected chi connectivity index (χ3v) is 9.87. The molecule has 0 fully saturated rings. The molecule has 49 heavy (non-hydrogen) atoms. The lowest BCUT2D eigenvalue weighted by Gasteiger charge is -2.26. The first kappa shape index (κ1) is 47.4. The fourth-order valence-corrected chi connectivity index (χ4v) is 6.64. The Balaban J connectivity index is 5.20. The zero-order chi connectivity index (χ0) is 36.4. The number of amides is 1. The maximum Gasteiger partial charge on any atom is 0.308 e. The molecule has 0 spiro atoms. The standard InChI is InChI=1S/C42H82N2O5/c1-7-12-16-20-22-26-30-38(28-24-18-14-9-3)41(46)48-35-33-44(40(45)37-43(6)32-11-5)34-36-49-42(47)39(29-25-19-15-10-4)31-27-23-21-17-13-8-2/h38-39H,7-37H2,1-6H3. The number of carbonyl (C=O) groups excluding carboxylic acids is 3. The van der Waals surface area contributed by atoms with Crippen LogP contribution in [0, 0.1) is 11.8 Å². The Bertz CT molecular complexity index is 726. The van der Waals surface area contributed by atoms with Crippen molar-refractivity contribution in [1.82, 2.24) is 9.80 Å². The van der Waals surface area contributed by atoms with Gasteiger partial charge in [0.15, 0.2) is 0 Å². The van der Waals surface area contributed by atoms with Crippen LogP contribution in [0.4, 0.5) is 0 Å². The van der Waals surface area contributed by atoms with E-state index in [0.717, 1.165) is 77.2 Å². The maximum absolute atomic E-state index is 13.4. The van der Waals surface area contributed by atoms with Crippen LogP contribution in [0.25, 0.3) is 0 Å². The van der Waals surface area contributed by atoms with Gasteiger partial charge in [-0.2, -0.15) is 0 Å². The van der Waals surface area contributed by atoms with Gasteiger partial charge in [0.05, 0.1) is 31.5 Å². The van der Waals surface area contributed by atoms with Crippen molar-refractivity contribution in [2.24, 2.45) is 11.8 Å². The molecule has 0 rings (SSSR count). The number of esters is 2. The molecule has 0 radical (unpaired) electrons. The van der Waals surface area contributed by atoms with Gasteiger partial charge in [0.2, 0.25) is 5.91 Å². The van der Waals surface area contributed by atoms with Crippen molar-refractivity contribution in [2.75, 3.05) is 46.4 Å². The van der Waals surface area contributed by atoms with Crippen LogP contribution in [-0.4, -0.2) is 74.1 Å². The van der Waals surface area contributed by atoms with Crippen LogP contribution >= 0.6 is 0 Å². The number of unbranched alkanes of at least 4 members (excludes halogenated alkanes) is 16. The number of hydrogen-bond donors (Lipinski definition) is 0. The molecule has 1 amide bonds. The molecular weight excluding hydrogens is 612 g/mol. The first-order valence-corrected chi connectivity index (χ1v) is 21.1. The monoisotopic (exact) mass is 695 g/mol. The molecule has 2 unspecified atom stereocenters. The van der Waals surface area contributed by atoms with E-state index in [1.807, 2.05) is 11.9 Å². The van der Waals surface area contributed by atoms with Crippen molar-refractivity contribution < 1.29 is 23.9 Å². The molecule has 0 bridgehead atoms. The lowest BCUT2D eigenvalue weighted by Crippen LogP contribution is -2.43. The molecular formula is C42H82N2O5. The van der Waals surface area contributed by atoms with Crippen LogP contribution in [0.2, 0.25) is 0 Å². The van der Waals surface area contributed by atoms with E-state index in [1.54, 1.807) is 4.90 Å². The van der Waals surface area contributed by atoms with Gasteiger partial charge in [-0.05, 0) is 45.7 Å². The Morgan fingerprint density at radius 1 is 0.449 bits per heavy atom. The molecule has 0 aromatic carbocycles. The van der Waals surface area contributed by atoms with Gasteiger partial charge in [-0.3, -0.25) is 19.3 Å². The van der Waals surface area contributed by atoms with Gasteiger partial charge in [0, 0.05) is 0 Å². The average Bonchev–Trinajstić information content (AvgIpc) is 3.08. The van der Waals surface area contributed by atoms with E-state index in [-0.39, 0.29) is 42.9 Å². The summed E-state index contributed by atoms with van der Waals surface area (Å²) in [4.78, 5) is 43.6. The zero-order valence-electron chi connectivity index (χ0n) is 33.5. The molecule has 0 aromatic rings. The van der Waals surface area contributed by atoms with E-state index < -0.39 is 0 Å². The van der Waals surface area contributed by atoms with Crippen LogP contribution in [0.15, 0.2) is 0 Å². The van der Waals surface area contributed by atoms with E-state index >= 15 is 0 Å². The first-order chi connectivity index (χ1) is 23.8.